The maximum absolute atomic E-state index is 6.09. The van der Waals surface area contributed by atoms with E-state index in [-0.39, 0.29) is 0 Å². The van der Waals surface area contributed by atoms with Gasteiger partial charge in [-0.05, 0) is 73.7 Å². The Morgan fingerprint density at radius 2 is 1.54 bits per heavy atom. The van der Waals surface area contributed by atoms with Gasteiger partial charge >= 0.3 is 0 Å². The van der Waals surface area contributed by atoms with E-state index >= 15 is 0 Å². The highest BCUT2D eigenvalue weighted by Gasteiger charge is 2.21. The molecule has 0 aliphatic heterocycles. The number of hydrogen-bond donors (Lipinski definition) is 2. The SMILES string of the molecule is Clc1cc(Cl)cc(CN[C@H]2CC[C@@H](Nc3ccnc4cc(Cl)ccc34)CC2)c1. The molecule has 0 spiro atoms. The lowest BCUT2D eigenvalue weighted by atomic mass is 9.90. The monoisotopic (exact) mass is 433 g/mol. The zero-order valence-corrected chi connectivity index (χ0v) is 17.7. The summed E-state index contributed by atoms with van der Waals surface area (Å²) in [4.78, 5) is 4.42. The second kappa shape index (κ2) is 8.87. The number of nitrogens with one attached hydrogen (secondary N) is 2. The van der Waals surface area contributed by atoms with Gasteiger partial charge in [-0.1, -0.05) is 34.8 Å². The summed E-state index contributed by atoms with van der Waals surface area (Å²) >= 11 is 18.3. The van der Waals surface area contributed by atoms with E-state index in [1.807, 2.05) is 42.6 Å². The van der Waals surface area contributed by atoms with E-state index in [1.165, 1.54) is 0 Å². The van der Waals surface area contributed by atoms with Crippen LogP contribution >= 0.6 is 34.8 Å². The first-order valence-electron chi connectivity index (χ1n) is 9.56. The highest BCUT2D eigenvalue weighted by Crippen LogP contribution is 2.28. The van der Waals surface area contributed by atoms with Crippen molar-refractivity contribution in [3.05, 3.63) is 69.3 Å². The maximum atomic E-state index is 6.09. The maximum Gasteiger partial charge on any atom is 0.0737 e. The number of pyridine rings is 1. The normalized spacial score (nSPS) is 19.7. The van der Waals surface area contributed by atoms with Gasteiger partial charge in [0, 0.05) is 51.0 Å². The van der Waals surface area contributed by atoms with Crippen molar-refractivity contribution in [3.63, 3.8) is 0 Å². The Morgan fingerprint density at radius 1 is 0.821 bits per heavy atom. The van der Waals surface area contributed by atoms with Gasteiger partial charge in [0.2, 0.25) is 0 Å². The standard InChI is InChI=1S/C22H22Cl3N3/c23-15-1-6-20-21(7-8-26-22(20)12-15)28-19-4-2-18(3-5-19)27-13-14-9-16(24)11-17(25)10-14/h1,6-12,18-19,27H,2-5,13H2,(H,26,28)/t18-,19+. The fourth-order valence-corrected chi connectivity index (χ4v) is 4.62. The van der Waals surface area contributed by atoms with Crippen LogP contribution in [0.1, 0.15) is 31.2 Å². The molecule has 0 atom stereocenters. The lowest BCUT2D eigenvalue weighted by Crippen LogP contribution is -2.36. The van der Waals surface area contributed by atoms with Crippen LogP contribution in [0.5, 0.6) is 0 Å². The molecule has 1 heterocycles. The van der Waals surface area contributed by atoms with Gasteiger partial charge in [-0.2, -0.15) is 0 Å². The third-order valence-electron chi connectivity index (χ3n) is 5.31. The molecule has 0 bridgehead atoms. The van der Waals surface area contributed by atoms with Gasteiger partial charge in [0.05, 0.1) is 5.52 Å². The number of aromatic nitrogens is 1. The molecule has 3 nitrogen and oxygen atoms in total. The molecule has 3 aromatic rings. The third-order valence-corrected chi connectivity index (χ3v) is 5.98. The van der Waals surface area contributed by atoms with Crippen LogP contribution in [0.3, 0.4) is 0 Å². The first-order chi connectivity index (χ1) is 13.6. The fourth-order valence-electron chi connectivity index (χ4n) is 3.88. The Kier molecular flexibility index (Phi) is 6.27. The highest BCUT2D eigenvalue weighted by atomic mass is 35.5. The van der Waals surface area contributed by atoms with Gasteiger partial charge in [0.1, 0.15) is 0 Å². The van der Waals surface area contributed by atoms with E-state index in [2.05, 4.69) is 15.6 Å². The van der Waals surface area contributed by atoms with Crippen molar-refractivity contribution in [1.82, 2.24) is 10.3 Å². The molecule has 2 N–H and O–H groups in total. The van der Waals surface area contributed by atoms with Crippen molar-refractivity contribution in [3.8, 4) is 0 Å². The molecule has 1 aliphatic carbocycles. The van der Waals surface area contributed by atoms with Crippen molar-refractivity contribution in [1.29, 1.82) is 0 Å². The second-order valence-electron chi connectivity index (χ2n) is 7.37. The average molecular weight is 435 g/mol. The van der Waals surface area contributed by atoms with Gasteiger partial charge < -0.3 is 10.6 Å². The minimum absolute atomic E-state index is 0.472. The molecule has 1 fully saturated rings. The lowest BCUT2D eigenvalue weighted by Gasteiger charge is -2.30. The minimum Gasteiger partial charge on any atom is -0.382 e. The smallest absolute Gasteiger partial charge is 0.0737 e. The van der Waals surface area contributed by atoms with E-state index in [0.717, 1.165) is 54.4 Å². The Labute approximate surface area is 180 Å². The van der Waals surface area contributed by atoms with E-state index in [0.29, 0.717) is 27.2 Å². The van der Waals surface area contributed by atoms with Crippen molar-refractivity contribution in [2.75, 3.05) is 5.32 Å². The van der Waals surface area contributed by atoms with Crippen LogP contribution in [0.4, 0.5) is 5.69 Å². The molecule has 146 valence electrons. The van der Waals surface area contributed by atoms with Crippen molar-refractivity contribution < 1.29 is 0 Å². The quantitative estimate of drug-likeness (QED) is 0.468. The Morgan fingerprint density at radius 3 is 2.29 bits per heavy atom. The fraction of sp³-hybridized carbons (Fsp3) is 0.318. The topological polar surface area (TPSA) is 37.0 Å². The van der Waals surface area contributed by atoms with Crippen molar-refractivity contribution >= 4 is 51.4 Å². The van der Waals surface area contributed by atoms with E-state index in [1.54, 1.807) is 6.07 Å². The summed E-state index contributed by atoms with van der Waals surface area (Å²) in [6.07, 6.45) is 6.38. The van der Waals surface area contributed by atoms with E-state index < -0.39 is 0 Å². The highest BCUT2D eigenvalue weighted by molar-refractivity contribution is 6.34. The molecule has 0 radical (unpaired) electrons. The Hall–Kier alpha value is -1.52. The minimum atomic E-state index is 0.472. The molecule has 1 aliphatic rings. The van der Waals surface area contributed by atoms with Crippen LogP contribution in [-0.2, 0) is 6.54 Å². The molecule has 1 aromatic heterocycles. The van der Waals surface area contributed by atoms with Gasteiger partial charge in [0.15, 0.2) is 0 Å². The number of nitrogens with zero attached hydrogens (tertiary/aromatic N) is 1. The zero-order valence-electron chi connectivity index (χ0n) is 15.4. The lowest BCUT2D eigenvalue weighted by molar-refractivity contribution is 0.353. The largest absolute Gasteiger partial charge is 0.382 e. The summed E-state index contributed by atoms with van der Waals surface area (Å²) in [6, 6.07) is 14.6. The van der Waals surface area contributed by atoms with Crippen LogP contribution < -0.4 is 10.6 Å². The molecule has 0 amide bonds. The van der Waals surface area contributed by atoms with Gasteiger partial charge in [-0.25, -0.2) is 0 Å². The van der Waals surface area contributed by atoms with Crippen molar-refractivity contribution in [2.45, 2.75) is 44.3 Å². The third kappa shape index (κ3) is 4.90. The molecule has 0 unspecified atom stereocenters. The molecule has 2 aromatic carbocycles. The van der Waals surface area contributed by atoms with Gasteiger partial charge in [-0.15, -0.1) is 0 Å². The predicted octanol–water partition coefficient (Wildman–Crippen LogP) is 6.71. The molecule has 28 heavy (non-hydrogen) atoms. The number of anilines is 1. The summed E-state index contributed by atoms with van der Waals surface area (Å²) in [5.74, 6) is 0. The molecular formula is C22H22Cl3N3. The number of benzene rings is 2. The molecule has 4 rings (SSSR count). The van der Waals surface area contributed by atoms with Crippen LogP contribution in [0.2, 0.25) is 15.1 Å². The number of halogens is 3. The molecular weight excluding hydrogens is 413 g/mol. The summed E-state index contributed by atoms with van der Waals surface area (Å²) in [7, 11) is 0. The first-order valence-corrected chi connectivity index (χ1v) is 10.7. The van der Waals surface area contributed by atoms with Crippen LogP contribution in [-0.4, -0.2) is 17.1 Å². The number of hydrogen-bond acceptors (Lipinski definition) is 3. The first kappa shape index (κ1) is 19.8. The van der Waals surface area contributed by atoms with E-state index in [4.69, 9.17) is 34.8 Å². The van der Waals surface area contributed by atoms with E-state index in [9.17, 15) is 0 Å². The van der Waals surface area contributed by atoms with Crippen LogP contribution in [0.15, 0.2) is 48.7 Å². The van der Waals surface area contributed by atoms with Crippen LogP contribution in [0.25, 0.3) is 10.9 Å². The van der Waals surface area contributed by atoms with Gasteiger partial charge in [-0.3, -0.25) is 4.98 Å². The number of rotatable bonds is 5. The predicted molar refractivity (Wildman–Crippen MR) is 120 cm³/mol. The van der Waals surface area contributed by atoms with Crippen LogP contribution in [0, 0.1) is 0 Å². The Balaban J connectivity index is 1.32. The number of fused-ring (bicyclic) bond motifs is 1. The summed E-state index contributed by atoms with van der Waals surface area (Å²) in [6.45, 7) is 0.790. The molecule has 6 heteroatoms. The summed E-state index contributed by atoms with van der Waals surface area (Å²) in [5, 5.41) is 10.5. The molecule has 0 saturated heterocycles. The second-order valence-corrected chi connectivity index (χ2v) is 8.68. The Bertz CT molecular complexity index is 948. The zero-order chi connectivity index (χ0) is 19.5. The summed E-state index contributed by atoms with van der Waals surface area (Å²) < 4.78 is 0. The molecule has 1 saturated carbocycles. The van der Waals surface area contributed by atoms with Gasteiger partial charge in [0.25, 0.3) is 0 Å². The average Bonchev–Trinajstić information content (AvgIpc) is 2.67. The van der Waals surface area contributed by atoms with Crippen molar-refractivity contribution in [2.24, 2.45) is 0 Å². The summed E-state index contributed by atoms with van der Waals surface area (Å²) in [5.41, 5.74) is 3.18.